The highest BCUT2D eigenvalue weighted by Gasteiger charge is 2.17. The van der Waals surface area contributed by atoms with Crippen molar-refractivity contribution in [2.24, 2.45) is 0 Å². The summed E-state index contributed by atoms with van der Waals surface area (Å²) in [4.78, 5) is 27.6. The zero-order valence-corrected chi connectivity index (χ0v) is 13.6. The molecule has 0 aliphatic heterocycles. The quantitative estimate of drug-likeness (QED) is 0.885. The Balaban J connectivity index is 2.44. The van der Waals surface area contributed by atoms with Gasteiger partial charge in [-0.3, -0.25) is 9.59 Å². The Labute approximate surface area is 133 Å². The largest absolute Gasteiger partial charge is 0.481 e. The second kappa shape index (κ2) is 6.70. The molecule has 0 aliphatic rings. The molecule has 116 valence electrons. The maximum atomic E-state index is 11.5. The number of benzene rings is 1. The van der Waals surface area contributed by atoms with Crippen molar-refractivity contribution in [1.29, 1.82) is 0 Å². The molecule has 2 rings (SSSR count). The Bertz CT molecular complexity index is 722. The van der Waals surface area contributed by atoms with Crippen LogP contribution in [0.3, 0.4) is 0 Å². The van der Waals surface area contributed by atoms with E-state index in [2.05, 4.69) is 10.3 Å². The number of carboxylic acids is 1. The summed E-state index contributed by atoms with van der Waals surface area (Å²) in [5, 5.41) is 12.2. The van der Waals surface area contributed by atoms with Gasteiger partial charge in [0.2, 0.25) is 5.91 Å². The van der Waals surface area contributed by atoms with Gasteiger partial charge >= 0.3 is 5.97 Å². The highest BCUT2D eigenvalue weighted by atomic mass is 32.1. The van der Waals surface area contributed by atoms with E-state index >= 15 is 0 Å². The molecule has 0 saturated heterocycles. The smallest absolute Gasteiger partial charge is 0.308 e. The van der Waals surface area contributed by atoms with Gasteiger partial charge < -0.3 is 10.4 Å². The normalized spacial score (nSPS) is 10.5. The third-order valence-electron chi connectivity index (χ3n) is 3.36. The fourth-order valence-corrected chi connectivity index (χ4v) is 2.98. The third-order valence-corrected chi connectivity index (χ3v) is 4.33. The average Bonchev–Trinajstić information content (AvgIpc) is 2.83. The first-order valence-corrected chi connectivity index (χ1v) is 7.81. The topological polar surface area (TPSA) is 79.3 Å². The van der Waals surface area contributed by atoms with Crippen LogP contribution in [0.1, 0.15) is 29.3 Å². The van der Waals surface area contributed by atoms with Crippen molar-refractivity contribution in [3.05, 3.63) is 34.2 Å². The molecule has 1 heterocycles. The number of hydrogen-bond donors (Lipinski definition) is 2. The maximum absolute atomic E-state index is 11.5. The molecule has 0 atom stereocenters. The number of nitrogens with zero attached hydrogens (tertiary/aromatic N) is 1. The minimum absolute atomic E-state index is 0.109. The number of anilines is 1. The van der Waals surface area contributed by atoms with Crippen molar-refractivity contribution in [1.82, 2.24) is 4.98 Å². The first kappa shape index (κ1) is 16.2. The Morgan fingerprint density at radius 2 is 2.00 bits per heavy atom. The maximum Gasteiger partial charge on any atom is 0.308 e. The van der Waals surface area contributed by atoms with Crippen LogP contribution >= 0.6 is 11.3 Å². The van der Waals surface area contributed by atoms with E-state index in [1.54, 1.807) is 6.92 Å². The molecular formula is C16H18N2O3S. The number of aromatic nitrogens is 1. The molecule has 0 aliphatic carbocycles. The average molecular weight is 318 g/mol. The van der Waals surface area contributed by atoms with E-state index in [-0.39, 0.29) is 12.3 Å². The van der Waals surface area contributed by atoms with E-state index in [0.29, 0.717) is 22.1 Å². The SMILES string of the molecule is CCC(=O)Nc1nc(-c2ccc(C)c(C)c2)c(CC(=O)O)s1. The number of carbonyl (C=O) groups is 2. The lowest BCUT2D eigenvalue weighted by molar-refractivity contribution is -0.136. The van der Waals surface area contributed by atoms with Gasteiger partial charge in [0, 0.05) is 16.9 Å². The minimum Gasteiger partial charge on any atom is -0.481 e. The van der Waals surface area contributed by atoms with Crippen molar-refractivity contribution in [3.8, 4) is 11.3 Å². The standard InChI is InChI=1S/C16H18N2O3S/c1-4-13(19)17-16-18-15(12(22-16)8-14(20)21)11-6-5-9(2)10(3)7-11/h5-7H,4,8H2,1-3H3,(H,20,21)(H,17,18,19). The van der Waals surface area contributed by atoms with Crippen molar-refractivity contribution in [3.63, 3.8) is 0 Å². The highest BCUT2D eigenvalue weighted by molar-refractivity contribution is 7.16. The Morgan fingerprint density at radius 3 is 2.59 bits per heavy atom. The Kier molecular flexibility index (Phi) is 4.92. The summed E-state index contributed by atoms with van der Waals surface area (Å²) in [5.41, 5.74) is 3.78. The predicted octanol–water partition coefficient (Wildman–Crippen LogP) is 3.40. The molecule has 0 bridgehead atoms. The van der Waals surface area contributed by atoms with Crippen LogP contribution in [0.25, 0.3) is 11.3 Å². The summed E-state index contributed by atoms with van der Waals surface area (Å²) < 4.78 is 0. The molecule has 0 fully saturated rings. The first-order chi connectivity index (χ1) is 10.4. The van der Waals surface area contributed by atoms with Gasteiger partial charge in [0.15, 0.2) is 5.13 Å². The summed E-state index contributed by atoms with van der Waals surface area (Å²) in [5.74, 6) is -1.05. The molecule has 0 unspecified atom stereocenters. The van der Waals surface area contributed by atoms with Crippen LogP contribution in [-0.2, 0) is 16.0 Å². The van der Waals surface area contributed by atoms with Gasteiger partial charge in [0.25, 0.3) is 0 Å². The van der Waals surface area contributed by atoms with Gasteiger partial charge in [-0.15, -0.1) is 11.3 Å². The van der Waals surface area contributed by atoms with E-state index < -0.39 is 5.97 Å². The molecule has 2 N–H and O–H groups in total. The molecule has 2 aromatic rings. The fourth-order valence-electron chi connectivity index (χ4n) is 1.98. The van der Waals surface area contributed by atoms with Crippen LogP contribution in [0.2, 0.25) is 0 Å². The number of carboxylic acid groups (broad SMARTS) is 1. The van der Waals surface area contributed by atoms with Crippen molar-refractivity contribution in [2.75, 3.05) is 5.32 Å². The van der Waals surface area contributed by atoms with Gasteiger partial charge in [-0.25, -0.2) is 4.98 Å². The zero-order chi connectivity index (χ0) is 16.3. The number of aryl methyl sites for hydroxylation is 2. The van der Waals surface area contributed by atoms with Crippen LogP contribution in [0.15, 0.2) is 18.2 Å². The molecule has 0 radical (unpaired) electrons. The number of nitrogens with one attached hydrogen (secondary N) is 1. The van der Waals surface area contributed by atoms with Crippen LogP contribution in [0, 0.1) is 13.8 Å². The van der Waals surface area contributed by atoms with Gasteiger partial charge in [0.1, 0.15) is 0 Å². The molecule has 1 aromatic carbocycles. The number of rotatable bonds is 5. The van der Waals surface area contributed by atoms with Gasteiger partial charge in [-0.1, -0.05) is 19.1 Å². The summed E-state index contributed by atoms with van der Waals surface area (Å²) >= 11 is 1.21. The van der Waals surface area contributed by atoms with Gasteiger partial charge in [-0.2, -0.15) is 0 Å². The van der Waals surface area contributed by atoms with E-state index in [1.807, 2.05) is 32.0 Å². The van der Waals surface area contributed by atoms with Crippen molar-refractivity contribution < 1.29 is 14.7 Å². The Hall–Kier alpha value is -2.21. The molecule has 22 heavy (non-hydrogen) atoms. The van der Waals surface area contributed by atoms with E-state index in [9.17, 15) is 9.59 Å². The number of amides is 1. The van der Waals surface area contributed by atoms with Crippen molar-refractivity contribution >= 4 is 28.3 Å². The molecule has 6 heteroatoms. The minimum atomic E-state index is -0.915. The lowest BCUT2D eigenvalue weighted by Crippen LogP contribution is -2.08. The van der Waals surface area contributed by atoms with Gasteiger partial charge in [0.05, 0.1) is 12.1 Å². The second-order valence-corrected chi connectivity index (χ2v) is 6.15. The summed E-state index contributed by atoms with van der Waals surface area (Å²) in [6, 6.07) is 5.90. The molecule has 0 saturated carbocycles. The van der Waals surface area contributed by atoms with E-state index in [0.717, 1.165) is 11.1 Å². The van der Waals surface area contributed by atoms with E-state index in [4.69, 9.17) is 5.11 Å². The number of aliphatic carboxylic acids is 1. The number of thiazole rings is 1. The van der Waals surface area contributed by atoms with Gasteiger partial charge in [-0.05, 0) is 31.0 Å². The van der Waals surface area contributed by atoms with Crippen LogP contribution < -0.4 is 5.32 Å². The fraction of sp³-hybridized carbons (Fsp3) is 0.312. The van der Waals surface area contributed by atoms with Crippen LogP contribution in [-0.4, -0.2) is 22.0 Å². The van der Waals surface area contributed by atoms with Crippen molar-refractivity contribution in [2.45, 2.75) is 33.6 Å². The molecule has 0 spiro atoms. The molecule has 1 aromatic heterocycles. The summed E-state index contributed by atoms with van der Waals surface area (Å²) in [7, 11) is 0. The zero-order valence-electron chi connectivity index (χ0n) is 12.8. The van der Waals surface area contributed by atoms with E-state index in [1.165, 1.54) is 16.9 Å². The number of carbonyl (C=O) groups excluding carboxylic acids is 1. The molecule has 5 nitrogen and oxygen atoms in total. The summed E-state index contributed by atoms with van der Waals surface area (Å²) in [6.45, 7) is 5.78. The van der Waals surface area contributed by atoms with Crippen LogP contribution in [0.4, 0.5) is 5.13 Å². The molecular weight excluding hydrogens is 300 g/mol. The van der Waals surface area contributed by atoms with Crippen LogP contribution in [0.5, 0.6) is 0 Å². The monoisotopic (exact) mass is 318 g/mol. The lowest BCUT2D eigenvalue weighted by atomic mass is 10.0. The second-order valence-electron chi connectivity index (χ2n) is 5.06. The summed E-state index contributed by atoms with van der Waals surface area (Å²) in [6.07, 6.45) is 0.245. The first-order valence-electron chi connectivity index (χ1n) is 6.99. The predicted molar refractivity (Wildman–Crippen MR) is 87.3 cm³/mol. The third kappa shape index (κ3) is 3.71. The highest BCUT2D eigenvalue weighted by Crippen LogP contribution is 2.32. The Morgan fingerprint density at radius 1 is 1.27 bits per heavy atom. The molecule has 1 amide bonds. The lowest BCUT2D eigenvalue weighted by Gasteiger charge is -2.04. The number of hydrogen-bond acceptors (Lipinski definition) is 4.